The first-order valence-corrected chi connectivity index (χ1v) is 7.88. The molecule has 4 rings (SSSR count). The molecule has 128 valence electrons. The van der Waals surface area contributed by atoms with Gasteiger partial charge in [-0.05, 0) is 24.5 Å². The van der Waals surface area contributed by atoms with E-state index in [1.807, 2.05) is 15.7 Å². The van der Waals surface area contributed by atoms with Crippen molar-refractivity contribution in [1.82, 2.24) is 14.5 Å². The number of alkyl halides is 3. The van der Waals surface area contributed by atoms with Crippen molar-refractivity contribution in [3.05, 3.63) is 42.6 Å². The lowest BCUT2D eigenvalue weighted by atomic mass is 9.99. The Balaban J connectivity index is 1.51. The van der Waals surface area contributed by atoms with Crippen molar-refractivity contribution in [1.29, 1.82) is 0 Å². The molecule has 0 spiro atoms. The van der Waals surface area contributed by atoms with Gasteiger partial charge in [-0.3, -0.25) is 0 Å². The van der Waals surface area contributed by atoms with Gasteiger partial charge in [0.05, 0.1) is 18.5 Å². The zero-order valence-corrected chi connectivity index (χ0v) is 12.8. The highest BCUT2D eigenvalue weighted by molar-refractivity contribution is 5.42. The first-order valence-electron chi connectivity index (χ1n) is 7.88. The number of aliphatic hydroxyl groups is 1. The van der Waals surface area contributed by atoms with E-state index in [0.717, 1.165) is 12.5 Å². The second-order valence-electron chi connectivity index (χ2n) is 6.51. The van der Waals surface area contributed by atoms with Gasteiger partial charge in [0.2, 0.25) is 0 Å². The summed E-state index contributed by atoms with van der Waals surface area (Å²) < 4.78 is 40.4. The Hall–Kier alpha value is -2.09. The number of pyridine rings is 1. The molecule has 1 saturated heterocycles. The summed E-state index contributed by atoms with van der Waals surface area (Å²) in [4.78, 5) is 9.61. The number of aromatic nitrogens is 3. The average molecular weight is 338 g/mol. The van der Waals surface area contributed by atoms with Crippen LogP contribution in [0.1, 0.15) is 18.2 Å². The predicted octanol–water partition coefficient (Wildman–Crippen LogP) is 2.36. The number of imidazole rings is 1. The zero-order valence-electron chi connectivity index (χ0n) is 12.8. The van der Waals surface area contributed by atoms with Crippen LogP contribution in [-0.2, 0) is 6.18 Å². The molecule has 2 aliphatic rings. The van der Waals surface area contributed by atoms with E-state index in [1.165, 1.54) is 6.07 Å². The fraction of sp³-hybridized carbons (Fsp3) is 0.500. The lowest BCUT2D eigenvalue weighted by Gasteiger charge is -2.24. The maximum atomic E-state index is 12.8. The van der Waals surface area contributed by atoms with Gasteiger partial charge in [-0.2, -0.15) is 13.2 Å². The van der Waals surface area contributed by atoms with Crippen LogP contribution in [0, 0.1) is 11.8 Å². The van der Waals surface area contributed by atoms with Crippen molar-refractivity contribution in [3.63, 3.8) is 0 Å². The lowest BCUT2D eigenvalue weighted by Crippen LogP contribution is -2.30. The molecule has 5 nitrogen and oxygen atoms in total. The summed E-state index contributed by atoms with van der Waals surface area (Å²) in [6.45, 7) is 1.13. The van der Waals surface area contributed by atoms with Gasteiger partial charge < -0.3 is 14.6 Å². The molecule has 0 amide bonds. The van der Waals surface area contributed by atoms with Crippen LogP contribution in [0.15, 0.2) is 36.9 Å². The van der Waals surface area contributed by atoms with E-state index in [0.29, 0.717) is 18.9 Å². The normalized spacial score (nSPS) is 29.9. The van der Waals surface area contributed by atoms with Crippen LogP contribution in [-0.4, -0.2) is 38.8 Å². The number of hydrogen-bond donors (Lipinski definition) is 1. The first-order chi connectivity index (χ1) is 11.4. The topological polar surface area (TPSA) is 54.2 Å². The fourth-order valence-corrected chi connectivity index (χ4v) is 3.98. The van der Waals surface area contributed by atoms with Crippen molar-refractivity contribution in [2.75, 3.05) is 18.0 Å². The molecular formula is C16H17F3N4O. The molecule has 0 bridgehead atoms. The Bertz CT molecular complexity index is 718. The molecule has 8 heteroatoms. The van der Waals surface area contributed by atoms with Gasteiger partial charge >= 0.3 is 6.18 Å². The number of anilines is 1. The van der Waals surface area contributed by atoms with Crippen molar-refractivity contribution in [3.8, 4) is 0 Å². The minimum Gasteiger partial charge on any atom is -0.391 e. The minimum absolute atomic E-state index is 0.0147. The molecule has 1 saturated carbocycles. The number of hydrogen-bond acceptors (Lipinski definition) is 4. The van der Waals surface area contributed by atoms with Crippen LogP contribution in [0.4, 0.5) is 19.0 Å². The molecule has 2 aromatic rings. The molecule has 1 N–H and O–H groups in total. The van der Waals surface area contributed by atoms with E-state index >= 15 is 0 Å². The SMILES string of the molecule is O[C@H]1[C@H]2CN(c3cccc(C(F)(F)F)n3)C[C@H]2C[C@@H]1n1ccnc1. The molecule has 4 atom stereocenters. The van der Waals surface area contributed by atoms with E-state index in [9.17, 15) is 18.3 Å². The monoisotopic (exact) mass is 338 g/mol. The summed E-state index contributed by atoms with van der Waals surface area (Å²) >= 11 is 0. The van der Waals surface area contributed by atoms with E-state index in [1.54, 1.807) is 18.6 Å². The van der Waals surface area contributed by atoms with Crippen LogP contribution in [0.2, 0.25) is 0 Å². The minimum atomic E-state index is -4.45. The second-order valence-corrected chi connectivity index (χ2v) is 6.51. The van der Waals surface area contributed by atoms with Crippen LogP contribution in [0.3, 0.4) is 0 Å². The summed E-state index contributed by atoms with van der Waals surface area (Å²) in [7, 11) is 0. The molecule has 1 aliphatic carbocycles. The van der Waals surface area contributed by atoms with Crippen molar-refractivity contribution in [2.24, 2.45) is 11.8 Å². The van der Waals surface area contributed by atoms with Crippen molar-refractivity contribution in [2.45, 2.75) is 24.7 Å². The molecule has 0 radical (unpaired) electrons. The Morgan fingerprint density at radius 3 is 2.71 bits per heavy atom. The molecule has 2 aromatic heterocycles. The molecule has 2 fully saturated rings. The Kier molecular flexibility index (Phi) is 3.52. The Morgan fingerprint density at radius 2 is 2.04 bits per heavy atom. The smallest absolute Gasteiger partial charge is 0.391 e. The number of halogens is 3. The van der Waals surface area contributed by atoms with E-state index in [-0.39, 0.29) is 17.9 Å². The van der Waals surface area contributed by atoms with Crippen molar-refractivity contribution >= 4 is 5.82 Å². The molecule has 0 aromatic carbocycles. The fourth-order valence-electron chi connectivity index (χ4n) is 3.98. The van der Waals surface area contributed by atoms with E-state index in [4.69, 9.17) is 0 Å². The van der Waals surface area contributed by atoms with Gasteiger partial charge in [0.1, 0.15) is 11.5 Å². The Morgan fingerprint density at radius 1 is 1.21 bits per heavy atom. The highest BCUT2D eigenvalue weighted by Gasteiger charge is 2.48. The standard InChI is InChI=1S/C16H17F3N4O/c17-16(18,19)13-2-1-3-14(21-13)23-7-10-6-12(15(24)11(10)8-23)22-5-4-20-9-22/h1-5,9-12,15,24H,6-8H2/t10-,11+,12+,15+/m1/s1. The maximum Gasteiger partial charge on any atom is 0.433 e. The zero-order chi connectivity index (χ0) is 16.9. The highest BCUT2D eigenvalue weighted by Crippen LogP contribution is 2.45. The summed E-state index contributed by atoms with van der Waals surface area (Å²) in [5, 5.41) is 10.6. The molecule has 0 unspecified atom stereocenters. The van der Waals surface area contributed by atoms with E-state index in [2.05, 4.69) is 9.97 Å². The maximum absolute atomic E-state index is 12.8. The van der Waals surface area contributed by atoms with Crippen LogP contribution in [0.5, 0.6) is 0 Å². The summed E-state index contributed by atoms with van der Waals surface area (Å²) in [6.07, 6.45) is 1.02. The first kappa shape index (κ1) is 15.4. The van der Waals surface area contributed by atoms with Crippen LogP contribution >= 0.6 is 0 Å². The summed E-state index contributed by atoms with van der Waals surface area (Å²) in [5.74, 6) is 0.600. The largest absolute Gasteiger partial charge is 0.433 e. The number of nitrogens with zero attached hydrogens (tertiary/aromatic N) is 4. The lowest BCUT2D eigenvalue weighted by molar-refractivity contribution is -0.141. The molecule has 1 aliphatic heterocycles. The summed E-state index contributed by atoms with van der Waals surface area (Å²) in [6, 6.07) is 3.93. The van der Waals surface area contributed by atoms with Gasteiger partial charge in [0.15, 0.2) is 0 Å². The predicted molar refractivity (Wildman–Crippen MR) is 80.3 cm³/mol. The Labute approximate surface area is 136 Å². The highest BCUT2D eigenvalue weighted by atomic mass is 19.4. The van der Waals surface area contributed by atoms with Gasteiger partial charge in [-0.1, -0.05) is 6.07 Å². The van der Waals surface area contributed by atoms with Gasteiger partial charge in [0, 0.05) is 31.4 Å². The third-order valence-electron chi connectivity index (χ3n) is 5.13. The third-order valence-corrected chi connectivity index (χ3v) is 5.13. The molecule has 24 heavy (non-hydrogen) atoms. The van der Waals surface area contributed by atoms with Crippen LogP contribution < -0.4 is 4.90 Å². The van der Waals surface area contributed by atoms with Gasteiger partial charge in [0.25, 0.3) is 0 Å². The number of aliphatic hydroxyl groups excluding tert-OH is 1. The van der Waals surface area contributed by atoms with Crippen molar-refractivity contribution < 1.29 is 18.3 Å². The van der Waals surface area contributed by atoms with E-state index < -0.39 is 18.0 Å². The molecule has 3 heterocycles. The van der Waals surface area contributed by atoms with Gasteiger partial charge in [-0.15, -0.1) is 0 Å². The second kappa shape index (κ2) is 5.47. The third kappa shape index (κ3) is 2.54. The quantitative estimate of drug-likeness (QED) is 0.913. The molecular weight excluding hydrogens is 321 g/mol. The average Bonchev–Trinajstić information content (AvgIpc) is 3.24. The number of rotatable bonds is 2. The van der Waals surface area contributed by atoms with Gasteiger partial charge in [-0.25, -0.2) is 9.97 Å². The van der Waals surface area contributed by atoms with Crippen LogP contribution in [0.25, 0.3) is 0 Å². The summed E-state index contributed by atoms with van der Waals surface area (Å²) in [5.41, 5.74) is -0.881. The number of fused-ring (bicyclic) bond motifs is 1.